The molecule has 2 atom stereocenters. The van der Waals surface area contributed by atoms with Crippen LogP contribution in [0.4, 0.5) is 0 Å². The third-order valence-electron chi connectivity index (χ3n) is 2.53. The summed E-state index contributed by atoms with van der Waals surface area (Å²) in [6.07, 6.45) is -0.275. The fourth-order valence-electron chi connectivity index (χ4n) is 1.43. The van der Waals surface area contributed by atoms with Crippen LogP contribution in [0, 0.1) is 0 Å². The maximum atomic E-state index is 9.48. The largest absolute Gasteiger partial charge is 0.390 e. The Labute approximate surface area is 96.7 Å². The number of ether oxygens (including phenoxy) is 1. The molecule has 3 nitrogen and oxygen atoms in total. The molecule has 90 valence electrons. The minimum absolute atomic E-state index is 0.465. The molecule has 3 heteroatoms. The minimum Gasteiger partial charge on any atom is -0.390 e. The van der Waals surface area contributed by atoms with E-state index in [2.05, 4.69) is 0 Å². The van der Waals surface area contributed by atoms with E-state index in [0.717, 1.165) is 5.56 Å². The number of hydrogen-bond donors (Lipinski definition) is 2. The second kappa shape index (κ2) is 7.39. The van der Waals surface area contributed by atoms with Crippen LogP contribution in [-0.2, 0) is 11.3 Å². The summed E-state index contributed by atoms with van der Waals surface area (Å²) in [5, 5.41) is 18.8. The zero-order valence-electron chi connectivity index (χ0n) is 9.67. The number of benzene rings is 1. The molecule has 0 spiro atoms. The molecule has 0 heterocycles. The zero-order valence-corrected chi connectivity index (χ0v) is 9.67. The number of aliphatic hydroxyl groups excluding tert-OH is 2. The lowest BCUT2D eigenvalue weighted by atomic mass is 10.1. The molecule has 0 unspecified atom stereocenters. The molecule has 0 aliphatic carbocycles. The Morgan fingerprint density at radius 2 is 1.81 bits per heavy atom. The first-order valence-electron chi connectivity index (χ1n) is 5.71. The van der Waals surface area contributed by atoms with Crippen LogP contribution in [-0.4, -0.2) is 29.0 Å². The summed E-state index contributed by atoms with van der Waals surface area (Å²) in [5.74, 6) is 0. The Hall–Kier alpha value is -0.900. The quantitative estimate of drug-likeness (QED) is 0.693. The van der Waals surface area contributed by atoms with Crippen molar-refractivity contribution in [2.24, 2.45) is 0 Å². The van der Waals surface area contributed by atoms with Crippen molar-refractivity contribution >= 4 is 0 Å². The lowest BCUT2D eigenvalue weighted by molar-refractivity contribution is -0.00799. The van der Waals surface area contributed by atoms with Crippen LogP contribution in [0.15, 0.2) is 30.3 Å². The first kappa shape index (κ1) is 13.2. The fourth-order valence-corrected chi connectivity index (χ4v) is 1.43. The highest BCUT2D eigenvalue weighted by molar-refractivity contribution is 5.13. The normalized spacial score (nSPS) is 14.7. The summed E-state index contributed by atoms with van der Waals surface area (Å²) in [4.78, 5) is 0. The van der Waals surface area contributed by atoms with E-state index < -0.39 is 12.2 Å². The van der Waals surface area contributed by atoms with Gasteiger partial charge in [0.2, 0.25) is 0 Å². The third-order valence-corrected chi connectivity index (χ3v) is 2.53. The molecule has 16 heavy (non-hydrogen) atoms. The van der Waals surface area contributed by atoms with Crippen molar-refractivity contribution in [3.63, 3.8) is 0 Å². The number of aliphatic hydroxyl groups is 2. The van der Waals surface area contributed by atoms with E-state index in [4.69, 9.17) is 4.74 Å². The van der Waals surface area contributed by atoms with E-state index in [0.29, 0.717) is 26.1 Å². The fraction of sp³-hybridized carbons (Fsp3) is 0.538. The molecular weight excluding hydrogens is 204 g/mol. The highest BCUT2D eigenvalue weighted by Crippen LogP contribution is 2.05. The molecule has 0 aromatic heterocycles. The predicted octanol–water partition coefficient (Wildman–Crippen LogP) is 1.73. The zero-order chi connectivity index (χ0) is 11.8. The predicted molar refractivity (Wildman–Crippen MR) is 63.0 cm³/mol. The summed E-state index contributed by atoms with van der Waals surface area (Å²) in [5.41, 5.74) is 1.12. The molecule has 1 rings (SSSR count). The van der Waals surface area contributed by atoms with Gasteiger partial charge in [-0.2, -0.15) is 0 Å². The molecule has 1 aromatic carbocycles. The Balaban J connectivity index is 2.13. The first-order valence-corrected chi connectivity index (χ1v) is 5.71. The molecule has 0 bridgehead atoms. The maximum Gasteiger partial charge on any atom is 0.0820 e. The highest BCUT2D eigenvalue weighted by atomic mass is 16.5. The van der Waals surface area contributed by atoms with E-state index in [1.807, 2.05) is 37.3 Å². The van der Waals surface area contributed by atoms with Crippen LogP contribution in [0.1, 0.15) is 25.3 Å². The van der Waals surface area contributed by atoms with Crippen LogP contribution in [0.2, 0.25) is 0 Å². The summed E-state index contributed by atoms with van der Waals surface area (Å²) < 4.78 is 5.41. The van der Waals surface area contributed by atoms with E-state index in [-0.39, 0.29) is 0 Å². The van der Waals surface area contributed by atoms with Crippen LogP contribution >= 0.6 is 0 Å². The van der Waals surface area contributed by atoms with Crippen molar-refractivity contribution in [3.8, 4) is 0 Å². The van der Waals surface area contributed by atoms with Gasteiger partial charge in [-0.05, 0) is 18.4 Å². The number of hydrogen-bond acceptors (Lipinski definition) is 3. The smallest absolute Gasteiger partial charge is 0.0820 e. The second-order valence-corrected chi connectivity index (χ2v) is 3.87. The van der Waals surface area contributed by atoms with E-state index >= 15 is 0 Å². The molecule has 0 amide bonds. The topological polar surface area (TPSA) is 49.7 Å². The average molecular weight is 224 g/mol. The third kappa shape index (κ3) is 4.75. The molecule has 1 aromatic rings. The van der Waals surface area contributed by atoms with Crippen molar-refractivity contribution in [1.29, 1.82) is 0 Å². The van der Waals surface area contributed by atoms with Crippen molar-refractivity contribution in [1.82, 2.24) is 0 Å². The molecule has 0 saturated heterocycles. The van der Waals surface area contributed by atoms with E-state index in [1.54, 1.807) is 0 Å². The molecule has 0 radical (unpaired) electrons. The lowest BCUT2D eigenvalue weighted by Crippen LogP contribution is -2.26. The van der Waals surface area contributed by atoms with Crippen molar-refractivity contribution in [3.05, 3.63) is 35.9 Å². The van der Waals surface area contributed by atoms with Crippen LogP contribution in [0.25, 0.3) is 0 Å². The van der Waals surface area contributed by atoms with Crippen LogP contribution in [0.3, 0.4) is 0 Å². The Bertz CT molecular complexity index is 274. The van der Waals surface area contributed by atoms with Gasteiger partial charge in [-0.1, -0.05) is 37.3 Å². The lowest BCUT2D eigenvalue weighted by Gasteiger charge is -2.15. The molecule has 0 fully saturated rings. The van der Waals surface area contributed by atoms with Crippen LogP contribution in [0.5, 0.6) is 0 Å². The van der Waals surface area contributed by atoms with Crippen molar-refractivity contribution in [2.45, 2.75) is 38.6 Å². The first-order chi connectivity index (χ1) is 7.74. The SMILES string of the molecule is CC[C@@H](O)[C@@H](O)CCOCc1ccccc1. The minimum atomic E-state index is -0.680. The van der Waals surface area contributed by atoms with Gasteiger partial charge in [0.15, 0.2) is 0 Å². The summed E-state index contributed by atoms with van der Waals surface area (Å²) in [6.45, 7) is 2.86. The Morgan fingerprint density at radius 1 is 1.12 bits per heavy atom. The molecular formula is C13H20O3. The number of rotatable bonds is 7. The van der Waals surface area contributed by atoms with Crippen LogP contribution < -0.4 is 0 Å². The molecule has 0 aliphatic rings. The van der Waals surface area contributed by atoms with Gasteiger partial charge >= 0.3 is 0 Å². The Kier molecular flexibility index (Phi) is 6.08. The summed E-state index contributed by atoms with van der Waals surface area (Å²) >= 11 is 0. The van der Waals surface area contributed by atoms with Crippen molar-refractivity contribution < 1.29 is 14.9 Å². The summed E-state index contributed by atoms with van der Waals surface area (Å²) in [7, 11) is 0. The van der Waals surface area contributed by atoms with Crippen molar-refractivity contribution in [2.75, 3.05) is 6.61 Å². The average Bonchev–Trinajstić information content (AvgIpc) is 2.34. The second-order valence-electron chi connectivity index (χ2n) is 3.87. The molecule has 0 aliphatic heterocycles. The van der Waals surface area contributed by atoms with Gasteiger partial charge in [0.1, 0.15) is 0 Å². The van der Waals surface area contributed by atoms with E-state index in [9.17, 15) is 10.2 Å². The molecule has 2 N–H and O–H groups in total. The van der Waals surface area contributed by atoms with Gasteiger partial charge in [0.25, 0.3) is 0 Å². The van der Waals surface area contributed by atoms with E-state index in [1.165, 1.54) is 0 Å². The van der Waals surface area contributed by atoms with Gasteiger partial charge in [0.05, 0.1) is 18.8 Å². The summed E-state index contributed by atoms with van der Waals surface area (Å²) in [6, 6.07) is 9.89. The maximum absolute atomic E-state index is 9.48. The van der Waals surface area contributed by atoms with Gasteiger partial charge in [-0.3, -0.25) is 0 Å². The van der Waals surface area contributed by atoms with Gasteiger partial charge in [-0.25, -0.2) is 0 Å². The van der Waals surface area contributed by atoms with Gasteiger partial charge in [-0.15, -0.1) is 0 Å². The molecule has 0 saturated carbocycles. The van der Waals surface area contributed by atoms with Gasteiger partial charge in [0, 0.05) is 6.61 Å². The standard InChI is InChI=1S/C13H20O3/c1-2-12(14)13(15)8-9-16-10-11-6-4-3-5-7-11/h3-7,12-15H,2,8-10H2,1H3/t12-,13+/m1/s1. The monoisotopic (exact) mass is 224 g/mol. The van der Waals surface area contributed by atoms with Gasteiger partial charge < -0.3 is 14.9 Å². The highest BCUT2D eigenvalue weighted by Gasteiger charge is 2.13. The Morgan fingerprint density at radius 3 is 2.44 bits per heavy atom.